The molecule has 1 rings (SSSR count). The Hall–Kier alpha value is -1.55. The second-order valence-corrected chi connectivity index (χ2v) is 6.57. The Morgan fingerprint density at radius 3 is 2.33 bits per heavy atom. The van der Waals surface area contributed by atoms with Crippen molar-refractivity contribution in [2.24, 2.45) is 0 Å². The standard InChI is InChI=1S/C17H28N2O2/c1-17(2,3)14-7-9-15(10-8-14)21-13-16(20)18-11-6-12-19(4)5/h7-10H,6,11-13H2,1-5H3,(H,18,20). The van der Waals surface area contributed by atoms with Gasteiger partial charge in [0, 0.05) is 6.54 Å². The SMILES string of the molecule is CN(C)CCCNC(=O)COc1ccc(C(C)(C)C)cc1. The fourth-order valence-electron chi connectivity index (χ4n) is 1.87. The van der Waals surface area contributed by atoms with Gasteiger partial charge in [0.1, 0.15) is 5.75 Å². The predicted octanol–water partition coefficient (Wildman–Crippen LogP) is 2.43. The van der Waals surface area contributed by atoms with Gasteiger partial charge in [-0.3, -0.25) is 4.79 Å². The first-order valence-corrected chi connectivity index (χ1v) is 7.44. The van der Waals surface area contributed by atoms with Gasteiger partial charge >= 0.3 is 0 Å². The fraction of sp³-hybridized carbons (Fsp3) is 0.588. The molecular weight excluding hydrogens is 264 g/mol. The quantitative estimate of drug-likeness (QED) is 0.785. The summed E-state index contributed by atoms with van der Waals surface area (Å²) in [4.78, 5) is 13.7. The van der Waals surface area contributed by atoms with E-state index in [1.54, 1.807) is 0 Å². The summed E-state index contributed by atoms with van der Waals surface area (Å²) in [5, 5.41) is 2.85. The summed E-state index contributed by atoms with van der Waals surface area (Å²) >= 11 is 0. The molecule has 118 valence electrons. The molecule has 1 amide bonds. The van der Waals surface area contributed by atoms with Gasteiger partial charge in [0.25, 0.3) is 5.91 Å². The molecule has 1 N–H and O–H groups in total. The topological polar surface area (TPSA) is 41.6 Å². The molecule has 1 aromatic carbocycles. The highest BCUT2D eigenvalue weighted by Crippen LogP contribution is 2.24. The van der Waals surface area contributed by atoms with Crippen molar-refractivity contribution in [3.63, 3.8) is 0 Å². The Bertz CT molecular complexity index is 433. The van der Waals surface area contributed by atoms with Crippen LogP contribution >= 0.6 is 0 Å². The molecule has 0 radical (unpaired) electrons. The summed E-state index contributed by atoms with van der Waals surface area (Å²) in [6.45, 7) is 8.23. The molecule has 0 aliphatic rings. The van der Waals surface area contributed by atoms with E-state index in [0.29, 0.717) is 6.54 Å². The average molecular weight is 292 g/mol. The summed E-state index contributed by atoms with van der Waals surface area (Å²) < 4.78 is 5.49. The summed E-state index contributed by atoms with van der Waals surface area (Å²) in [5.41, 5.74) is 1.38. The number of nitrogens with zero attached hydrogens (tertiary/aromatic N) is 1. The molecule has 21 heavy (non-hydrogen) atoms. The molecule has 0 bridgehead atoms. The van der Waals surface area contributed by atoms with Crippen LogP contribution in [0.5, 0.6) is 5.75 Å². The zero-order chi connectivity index (χ0) is 15.9. The highest BCUT2D eigenvalue weighted by molar-refractivity contribution is 5.77. The van der Waals surface area contributed by atoms with Gasteiger partial charge in [-0.2, -0.15) is 0 Å². The first-order valence-electron chi connectivity index (χ1n) is 7.44. The molecule has 0 saturated heterocycles. The van der Waals surface area contributed by atoms with E-state index in [4.69, 9.17) is 4.74 Å². The lowest BCUT2D eigenvalue weighted by Gasteiger charge is -2.19. The van der Waals surface area contributed by atoms with Crippen LogP contribution < -0.4 is 10.1 Å². The van der Waals surface area contributed by atoms with Crippen molar-refractivity contribution in [3.05, 3.63) is 29.8 Å². The minimum absolute atomic E-state index is 0.0663. The Labute approximate surface area is 128 Å². The van der Waals surface area contributed by atoms with Gasteiger partial charge in [-0.1, -0.05) is 32.9 Å². The number of hydrogen-bond acceptors (Lipinski definition) is 3. The van der Waals surface area contributed by atoms with Gasteiger partial charge in [-0.25, -0.2) is 0 Å². The molecule has 0 fully saturated rings. The van der Waals surface area contributed by atoms with Crippen LogP contribution in [-0.2, 0) is 10.2 Å². The summed E-state index contributed by atoms with van der Waals surface area (Å²) in [6, 6.07) is 7.93. The summed E-state index contributed by atoms with van der Waals surface area (Å²) in [7, 11) is 4.04. The third kappa shape index (κ3) is 7.14. The minimum atomic E-state index is -0.0753. The van der Waals surface area contributed by atoms with Gasteiger partial charge < -0.3 is 15.0 Å². The van der Waals surface area contributed by atoms with E-state index in [1.807, 2.05) is 38.4 Å². The number of carbonyl (C=O) groups is 1. The number of hydrogen-bond donors (Lipinski definition) is 1. The van der Waals surface area contributed by atoms with Crippen molar-refractivity contribution in [2.75, 3.05) is 33.8 Å². The van der Waals surface area contributed by atoms with Crippen LogP contribution in [0, 0.1) is 0 Å². The van der Waals surface area contributed by atoms with Crippen molar-refractivity contribution in [3.8, 4) is 5.75 Å². The van der Waals surface area contributed by atoms with E-state index in [0.717, 1.165) is 18.7 Å². The van der Waals surface area contributed by atoms with Gasteiger partial charge in [0.05, 0.1) is 0 Å². The lowest BCUT2D eigenvalue weighted by molar-refractivity contribution is -0.123. The van der Waals surface area contributed by atoms with Crippen LogP contribution in [0.2, 0.25) is 0 Å². The van der Waals surface area contributed by atoms with Gasteiger partial charge in [0.2, 0.25) is 0 Å². The van der Waals surface area contributed by atoms with Gasteiger partial charge in [-0.05, 0) is 50.2 Å². The smallest absolute Gasteiger partial charge is 0.257 e. The molecule has 0 heterocycles. The molecule has 4 heteroatoms. The maximum absolute atomic E-state index is 11.6. The third-order valence-electron chi connectivity index (χ3n) is 3.19. The van der Waals surface area contributed by atoms with E-state index in [-0.39, 0.29) is 17.9 Å². The molecular formula is C17H28N2O2. The van der Waals surface area contributed by atoms with Crippen molar-refractivity contribution >= 4 is 5.91 Å². The Kier molecular flexibility index (Phi) is 6.69. The van der Waals surface area contributed by atoms with Crippen molar-refractivity contribution < 1.29 is 9.53 Å². The zero-order valence-corrected chi connectivity index (χ0v) is 13.9. The first kappa shape index (κ1) is 17.5. The molecule has 1 aromatic rings. The lowest BCUT2D eigenvalue weighted by atomic mass is 9.87. The Morgan fingerprint density at radius 2 is 1.81 bits per heavy atom. The average Bonchev–Trinajstić information content (AvgIpc) is 2.40. The zero-order valence-electron chi connectivity index (χ0n) is 13.9. The normalized spacial score (nSPS) is 11.5. The minimum Gasteiger partial charge on any atom is -0.484 e. The number of carbonyl (C=O) groups excluding carboxylic acids is 1. The highest BCUT2D eigenvalue weighted by atomic mass is 16.5. The molecule has 4 nitrogen and oxygen atoms in total. The lowest BCUT2D eigenvalue weighted by Crippen LogP contribution is -2.31. The van der Waals surface area contributed by atoms with Gasteiger partial charge in [-0.15, -0.1) is 0 Å². The van der Waals surface area contributed by atoms with Crippen molar-refractivity contribution in [1.29, 1.82) is 0 Å². The number of nitrogens with one attached hydrogen (secondary N) is 1. The molecule has 0 spiro atoms. The molecule has 0 aliphatic heterocycles. The third-order valence-corrected chi connectivity index (χ3v) is 3.19. The van der Waals surface area contributed by atoms with Crippen LogP contribution in [0.4, 0.5) is 0 Å². The maximum atomic E-state index is 11.6. The number of benzene rings is 1. The first-order chi connectivity index (χ1) is 9.79. The van der Waals surface area contributed by atoms with E-state index < -0.39 is 0 Å². The van der Waals surface area contributed by atoms with Crippen molar-refractivity contribution in [1.82, 2.24) is 10.2 Å². The number of rotatable bonds is 7. The second-order valence-electron chi connectivity index (χ2n) is 6.57. The van der Waals surface area contributed by atoms with E-state index >= 15 is 0 Å². The fourth-order valence-corrected chi connectivity index (χ4v) is 1.87. The van der Waals surface area contributed by atoms with E-state index in [1.165, 1.54) is 5.56 Å². The van der Waals surface area contributed by atoms with E-state index in [2.05, 4.69) is 31.0 Å². The maximum Gasteiger partial charge on any atom is 0.257 e. The van der Waals surface area contributed by atoms with E-state index in [9.17, 15) is 4.79 Å². The highest BCUT2D eigenvalue weighted by Gasteiger charge is 2.13. The molecule has 0 aromatic heterocycles. The largest absolute Gasteiger partial charge is 0.484 e. The van der Waals surface area contributed by atoms with Crippen LogP contribution in [-0.4, -0.2) is 44.6 Å². The molecule has 0 aliphatic carbocycles. The van der Waals surface area contributed by atoms with Gasteiger partial charge in [0.15, 0.2) is 6.61 Å². The monoisotopic (exact) mass is 292 g/mol. The van der Waals surface area contributed by atoms with Crippen LogP contribution in [0.1, 0.15) is 32.8 Å². The van der Waals surface area contributed by atoms with Crippen LogP contribution in [0.15, 0.2) is 24.3 Å². The molecule has 0 saturated carbocycles. The predicted molar refractivity (Wildman–Crippen MR) is 86.8 cm³/mol. The number of amides is 1. The van der Waals surface area contributed by atoms with Crippen molar-refractivity contribution in [2.45, 2.75) is 32.6 Å². The second kappa shape index (κ2) is 8.03. The number of ether oxygens (including phenoxy) is 1. The molecule has 0 unspecified atom stereocenters. The summed E-state index contributed by atoms with van der Waals surface area (Å²) in [5.74, 6) is 0.653. The molecule has 0 atom stereocenters. The summed E-state index contributed by atoms with van der Waals surface area (Å²) in [6.07, 6.45) is 0.943. The van der Waals surface area contributed by atoms with Crippen LogP contribution in [0.3, 0.4) is 0 Å². The Morgan fingerprint density at radius 1 is 1.19 bits per heavy atom. The van der Waals surface area contributed by atoms with Crippen LogP contribution in [0.25, 0.3) is 0 Å². The Balaban J connectivity index is 2.30.